The number of carbonyl (C=O) groups excluding carboxylic acids is 1. The van der Waals surface area contributed by atoms with Crippen molar-refractivity contribution in [3.63, 3.8) is 0 Å². The topological polar surface area (TPSA) is 54.5 Å². The third-order valence-corrected chi connectivity index (χ3v) is 9.65. The molecule has 0 amide bonds. The fourth-order valence-corrected chi connectivity index (χ4v) is 7.77. The third kappa shape index (κ3) is 3.45. The van der Waals surface area contributed by atoms with E-state index < -0.39 is 15.6 Å². The van der Waals surface area contributed by atoms with Gasteiger partial charge in [-0.2, -0.15) is 4.31 Å². The first-order valence-corrected chi connectivity index (χ1v) is 13.5. The van der Waals surface area contributed by atoms with E-state index in [2.05, 4.69) is 19.9 Å². The van der Waals surface area contributed by atoms with Crippen LogP contribution in [0.15, 0.2) is 88.9 Å². The average molecular weight is 474 g/mol. The van der Waals surface area contributed by atoms with Crippen molar-refractivity contribution in [1.82, 2.24) is 4.31 Å². The maximum absolute atomic E-state index is 14.1. The molecule has 1 heterocycles. The van der Waals surface area contributed by atoms with Gasteiger partial charge < -0.3 is 0 Å². The van der Waals surface area contributed by atoms with Crippen molar-refractivity contribution in [2.75, 3.05) is 6.54 Å². The molecule has 0 saturated carbocycles. The van der Waals surface area contributed by atoms with E-state index in [9.17, 15) is 13.2 Å². The number of hydrogen-bond donors (Lipinski definition) is 0. The minimum absolute atomic E-state index is 0.0619. The zero-order chi connectivity index (χ0) is 24.1. The molecule has 3 aliphatic rings. The van der Waals surface area contributed by atoms with Crippen molar-refractivity contribution < 1.29 is 13.2 Å². The Labute approximate surface area is 202 Å². The number of benzene rings is 2. The molecule has 0 bridgehead atoms. The number of unbranched alkanes of at least 4 members (excludes halogenated alkanes) is 1. The van der Waals surface area contributed by atoms with Crippen molar-refractivity contribution in [2.24, 2.45) is 11.8 Å². The highest BCUT2D eigenvalue weighted by molar-refractivity contribution is 7.89. The fourth-order valence-electron chi connectivity index (χ4n) is 6.01. The molecule has 0 aromatic heterocycles. The molecule has 1 fully saturated rings. The first-order valence-electron chi connectivity index (χ1n) is 12.1. The predicted octanol–water partition coefficient (Wildman–Crippen LogP) is 5.71. The Morgan fingerprint density at radius 1 is 1.03 bits per heavy atom. The summed E-state index contributed by atoms with van der Waals surface area (Å²) in [5.41, 5.74) is 4.45. The molecule has 0 unspecified atom stereocenters. The lowest BCUT2D eigenvalue weighted by atomic mass is 9.61. The molecule has 5 heteroatoms. The van der Waals surface area contributed by atoms with Gasteiger partial charge in [0.05, 0.1) is 16.4 Å². The van der Waals surface area contributed by atoms with E-state index in [-0.39, 0.29) is 17.6 Å². The molecule has 2 aromatic carbocycles. The summed E-state index contributed by atoms with van der Waals surface area (Å²) in [6.45, 7) is 6.46. The van der Waals surface area contributed by atoms with Crippen LogP contribution in [0, 0.1) is 18.8 Å². The van der Waals surface area contributed by atoms with Crippen LogP contribution in [-0.4, -0.2) is 30.6 Å². The normalized spacial score (nSPS) is 26.6. The summed E-state index contributed by atoms with van der Waals surface area (Å²) in [4.78, 5) is 13.7. The smallest absolute Gasteiger partial charge is 0.244 e. The summed E-state index contributed by atoms with van der Waals surface area (Å²) >= 11 is 0. The molecule has 3 atom stereocenters. The average Bonchev–Trinajstić information content (AvgIpc) is 3.19. The van der Waals surface area contributed by atoms with Gasteiger partial charge in [0.15, 0.2) is 5.78 Å². The van der Waals surface area contributed by atoms with Crippen LogP contribution < -0.4 is 0 Å². The largest absolute Gasteiger partial charge is 0.294 e. The van der Waals surface area contributed by atoms with Gasteiger partial charge in [-0.3, -0.25) is 4.79 Å². The molecule has 0 spiro atoms. The molecule has 2 aromatic rings. The summed E-state index contributed by atoms with van der Waals surface area (Å²) < 4.78 is 29.8. The van der Waals surface area contributed by atoms with E-state index in [1.54, 1.807) is 22.5 Å². The number of ketones is 1. The van der Waals surface area contributed by atoms with Gasteiger partial charge in [-0.25, -0.2) is 8.42 Å². The molecule has 2 aliphatic carbocycles. The van der Waals surface area contributed by atoms with Crippen molar-refractivity contribution in [3.8, 4) is 0 Å². The van der Waals surface area contributed by atoms with Crippen LogP contribution in [0.25, 0.3) is 5.57 Å². The highest BCUT2D eigenvalue weighted by atomic mass is 32.2. The van der Waals surface area contributed by atoms with Crippen LogP contribution in [0.1, 0.15) is 44.2 Å². The fraction of sp³-hybridized carbons (Fsp3) is 0.345. The van der Waals surface area contributed by atoms with Gasteiger partial charge in [-0.15, -0.1) is 0 Å². The Balaban J connectivity index is 1.70. The minimum atomic E-state index is -3.76. The zero-order valence-electron chi connectivity index (χ0n) is 20.0. The van der Waals surface area contributed by atoms with E-state index in [0.29, 0.717) is 17.9 Å². The standard InChI is InChI=1S/C29H31NO3S/c1-4-5-16-29-17-15-26(31)27-24(22-9-7-6-8-10-22)18-21(3)25(28(27)29)19-30(29)34(32,33)23-13-11-20(2)12-14-23/h6-15,17-18,27-28H,4-5,16,19H2,1-3H3/t27-,28-,29+/m1/s1. The summed E-state index contributed by atoms with van der Waals surface area (Å²) in [6.07, 6.45) is 8.20. The second-order valence-electron chi connectivity index (χ2n) is 9.78. The van der Waals surface area contributed by atoms with E-state index >= 15 is 0 Å². The van der Waals surface area contributed by atoms with Gasteiger partial charge in [0, 0.05) is 12.5 Å². The van der Waals surface area contributed by atoms with Gasteiger partial charge in [-0.1, -0.05) is 79.9 Å². The van der Waals surface area contributed by atoms with Gasteiger partial charge >= 0.3 is 0 Å². The Morgan fingerprint density at radius 2 is 1.74 bits per heavy atom. The summed E-state index contributed by atoms with van der Waals surface area (Å²) in [6, 6.07) is 17.1. The number of rotatable bonds is 6. The van der Waals surface area contributed by atoms with Crippen molar-refractivity contribution in [2.45, 2.75) is 50.5 Å². The molecule has 34 heavy (non-hydrogen) atoms. The number of carbonyl (C=O) groups is 1. The van der Waals surface area contributed by atoms with Crippen LogP contribution >= 0.6 is 0 Å². The molecule has 176 valence electrons. The Morgan fingerprint density at radius 3 is 2.41 bits per heavy atom. The summed E-state index contributed by atoms with van der Waals surface area (Å²) in [5.74, 6) is -0.495. The maximum Gasteiger partial charge on any atom is 0.244 e. The van der Waals surface area contributed by atoms with Crippen LogP contribution in [-0.2, 0) is 14.8 Å². The molecule has 0 N–H and O–H groups in total. The van der Waals surface area contributed by atoms with Crippen LogP contribution in [0.5, 0.6) is 0 Å². The lowest BCUT2D eigenvalue weighted by Gasteiger charge is -2.46. The third-order valence-electron chi connectivity index (χ3n) is 7.73. The Kier molecular flexibility index (Phi) is 5.73. The van der Waals surface area contributed by atoms with Gasteiger partial charge in [-0.05, 0) is 60.8 Å². The summed E-state index contributed by atoms with van der Waals surface area (Å²) in [5, 5.41) is 0. The monoisotopic (exact) mass is 473 g/mol. The number of nitrogens with zero attached hydrogens (tertiary/aromatic N) is 1. The van der Waals surface area contributed by atoms with Crippen molar-refractivity contribution in [1.29, 1.82) is 0 Å². The van der Waals surface area contributed by atoms with Gasteiger partial charge in [0.2, 0.25) is 10.0 Å². The van der Waals surface area contributed by atoms with E-state index in [1.807, 2.05) is 55.5 Å². The molecule has 1 saturated heterocycles. The predicted molar refractivity (Wildman–Crippen MR) is 136 cm³/mol. The minimum Gasteiger partial charge on any atom is -0.294 e. The SMILES string of the molecule is CCCC[C@@]12C=CC(=O)[C@H]3C(c4ccccc4)=CC(C)=C(CN1S(=O)(=O)c1ccc(C)cc1)[C@H]32. The second kappa shape index (κ2) is 8.47. The molecule has 5 rings (SSSR count). The van der Waals surface area contributed by atoms with Gasteiger partial charge in [0.1, 0.15) is 0 Å². The van der Waals surface area contributed by atoms with Crippen molar-refractivity contribution in [3.05, 3.63) is 95.1 Å². The molecule has 1 aliphatic heterocycles. The second-order valence-corrected chi connectivity index (χ2v) is 11.6. The first-order chi connectivity index (χ1) is 16.3. The lowest BCUT2D eigenvalue weighted by molar-refractivity contribution is -0.119. The molecular weight excluding hydrogens is 442 g/mol. The molecule has 0 radical (unpaired) electrons. The number of allylic oxidation sites excluding steroid dienone is 4. The highest BCUT2D eigenvalue weighted by Gasteiger charge is 2.60. The highest BCUT2D eigenvalue weighted by Crippen LogP contribution is 2.57. The molecule has 4 nitrogen and oxygen atoms in total. The van der Waals surface area contributed by atoms with Crippen LogP contribution in [0.3, 0.4) is 0 Å². The number of sulfonamides is 1. The number of aryl methyl sites for hydroxylation is 1. The van der Waals surface area contributed by atoms with E-state index in [1.165, 1.54) is 0 Å². The van der Waals surface area contributed by atoms with Crippen LogP contribution in [0.2, 0.25) is 0 Å². The summed E-state index contributed by atoms with van der Waals surface area (Å²) in [7, 11) is -3.76. The zero-order valence-corrected chi connectivity index (χ0v) is 20.8. The number of hydrogen-bond acceptors (Lipinski definition) is 3. The Bertz CT molecular complexity index is 1320. The van der Waals surface area contributed by atoms with Crippen LogP contribution in [0.4, 0.5) is 0 Å². The quantitative estimate of drug-likeness (QED) is 0.540. The van der Waals surface area contributed by atoms with Gasteiger partial charge in [0.25, 0.3) is 0 Å². The first kappa shape index (κ1) is 23.0. The Hall–Kier alpha value is -2.76. The lowest BCUT2D eigenvalue weighted by Crippen LogP contribution is -2.54. The maximum atomic E-state index is 14.1. The van der Waals surface area contributed by atoms with Crippen molar-refractivity contribution >= 4 is 21.4 Å². The molecular formula is C29H31NO3S. The van der Waals surface area contributed by atoms with E-state index in [0.717, 1.165) is 40.7 Å². The van der Waals surface area contributed by atoms with E-state index in [4.69, 9.17) is 0 Å².